The van der Waals surface area contributed by atoms with Gasteiger partial charge in [-0.2, -0.15) is 12.7 Å². The van der Waals surface area contributed by atoms with Crippen LogP contribution in [-0.4, -0.2) is 88.7 Å². The van der Waals surface area contributed by atoms with Crippen LogP contribution in [0.4, 0.5) is 13.2 Å². The van der Waals surface area contributed by atoms with Crippen molar-refractivity contribution in [1.82, 2.24) is 18.5 Å². The van der Waals surface area contributed by atoms with Crippen molar-refractivity contribution in [2.45, 2.75) is 160 Å². The van der Waals surface area contributed by atoms with Gasteiger partial charge in [0.25, 0.3) is 17.7 Å². The first-order valence-corrected chi connectivity index (χ1v) is 28.4. The lowest BCUT2D eigenvalue weighted by Crippen LogP contribution is -2.49. The second-order valence-electron chi connectivity index (χ2n) is 21.6. The molecule has 1 heterocycles. The summed E-state index contributed by atoms with van der Waals surface area (Å²) in [5.41, 5.74) is -0.0241. The molecule has 3 N–H and O–H groups in total. The number of hydrogen-bond acceptors (Lipinski definition) is 12. The van der Waals surface area contributed by atoms with Gasteiger partial charge in [0.1, 0.15) is 51.5 Å². The molecule has 16 nitrogen and oxygen atoms in total. The summed E-state index contributed by atoms with van der Waals surface area (Å²) in [6, 6.07) is 7.80. The van der Waals surface area contributed by atoms with E-state index < -0.39 is 87.5 Å². The van der Waals surface area contributed by atoms with Crippen LogP contribution in [0.15, 0.2) is 36.4 Å². The number of ether oxygens (including phenoxy) is 3. The second-order valence-corrected chi connectivity index (χ2v) is 27.0. The van der Waals surface area contributed by atoms with Gasteiger partial charge in [0.05, 0.1) is 28.2 Å². The Morgan fingerprint density at radius 1 is 0.507 bits per heavy atom. The van der Waals surface area contributed by atoms with E-state index in [1.165, 1.54) is 30.3 Å². The summed E-state index contributed by atoms with van der Waals surface area (Å²) < 4.78 is 137. The molecule has 0 unspecified atom stereocenters. The maximum atomic E-state index is 14.5. The van der Waals surface area contributed by atoms with E-state index in [2.05, 4.69) is 0 Å². The van der Waals surface area contributed by atoms with Gasteiger partial charge in [0, 0.05) is 31.3 Å². The number of carbonyl (C=O) groups excluding carboxylic acids is 3. The normalized spacial score (nSPS) is 17.5. The molecule has 0 aromatic heterocycles. The molecule has 3 aromatic rings. The van der Waals surface area contributed by atoms with Crippen molar-refractivity contribution in [1.29, 1.82) is 0 Å². The first-order valence-electron chi connectivity index (χ1n) is 23.6. The molecule has 22 heteroatoms. The highest BCUT2D eigenvalue weighted by Gasteiger charge is 2.39. The Labute approximate surface area is 415 Å². The highest BCUT2D eigenvalue weighted by atomic mass is 32.2. The minimum atomic E-state index is -3.91. The molecule has 1 aliphatic heterocycles. The number of nitrogens with zero attached hydrogens (tertiary/aromatic N) is 1. The van der Waals surface area contributed by atoms with Crippen LogP contribution in [0.25, 0.3) is 0 Å². The summed E-state index contributed by atoms with van der Waals surface area (Å²) in [6.45, 7) is 17.5. The summed E-state index contributed by atoms with van der Waals surface area (Å²) >= 11 is 0. The molecule has 1 saturated heterocycles. The van der Waals surface area contributed by atoms with Gasteiger partial charge in [-0.25, -0.2) is 44.2 Å². The van der Waals surface area contributed by atoms with E-state index in [1.54, 1.807) is 4.72 Å². The van der Waals surface area contributed by atoms with E-state index in [0.29, 0.717) is 43.2 Å². The maximum Gasteiger partial charge on any atom is 0.304 e. The van der Waals surface area contributed by atoms with Gasteiger partial charge >= 0.3 is 10.2 Å². The molecule has 4 aliphatic carbocycles. The summed E-state index contributed by atoms with van der Waals surface area (Å²) in [7, 11) is -11.4. The lowest BCUT2D eigenvalue weighted by Gasteiger charge is -2.29. The van der Waals surface area contributed by atoms with Crippen molar-refractivity contribution < 1.29 is 67.0 Å². The Balaban J connectivity index is 0.000000175. The van der Waals surface area contributed by atoms with Gasteiger partial charge in [0.15, 0.2) is 0 Å². The number of hydrogen-bond donors (Lipinski definition) is 3. The molecule has 0 bridgehead atoms. The molecule has 8 rings (SSSR count). The molecule has 4 saturated carbocycles. The number of amides is 3. The van der Waals surface area contributed by atoms with E-state index in [1.807, 2.05) is 71.8 Å². The van der Waals surface area contributed by atoms with Gasteiger partial charge in [-0.05, 0) is 173 Å². The van der Waals surface area contributed by atoms with Crippen molar-refractivity contribution in [3.63, 3.8) is 0 Å². The van der Waals surface area contributed by atoms with Crippen molar-refractivity contribution in [2.75, 3.05) is 19.3 Å². The fourth-order valence-electron chi connectivity index (χ4n) is 7.27. The van der Waals surface area contributed by atoms with Gasteiger partial charge in [-0.3, -0.25) is 14.4 Å². The predicted molar refractivity (Wildman–Crippen MR) is 261 cm³/mol. The number of nitrogens with one attached hydrogen (secondary N) is 3. The molecule has 3 amide bonds. The third kappa shape index (κ3) is 16.0. The molecule has 392 valence electrons. The fraction of sp³-hybridized carbons (Fsp3) is 0.571. The summed E-state index contributed by atoms with van der Waals surface area (Å²) in [5.74, 6) is -3.29. The largest absolute Gasteiger partial charge is 0.488 e. The Hall–Kier alpha value is -4.93. The van der Waals surface area contributed by atoms with E-state index >= 15 is 0 Å². The average molecular weight is 1060 g/mol. The van der Waals surface area contributed by atoms with Crippen LogP contribution < -0.4 is 28.4 Å². The summed E-state index contributed by atoms with van der Waals surface area (Å²) in [4.78, 5) is 36.5. The maximum absolute atomic E-state index is 14.5. The molecular formula is C49H65F3N4O12S3. The Bertz CT molecular complexity index is 2890. The van der Waals surface area contributed by atoms with Gasteiger partial charge < -0.3 is 14.2 Å². The zero-order valence-electron chi connectivity index (χ0n) is 41.8. The topological polar surface area (TPSA) is 221 Å². The van der Waals surface area contributed by atoms with E-state index in [4.69, 9.17) is 14.2 Å². The second kappa shape index (κ2) is 20.5. The van der Waals surface area contributed by atoms with Crippen molar-refractivity contribution in [2.24, 2.45) is 0 Å². The number of carbonyl (C=O) groups is 3. The van der Waals surface area contributed by atoms with Crippen LogP contribution in [0.1, 0.15) is 186 Å². The lowest BCUT2D eigenvalue weighted by atomic mass is 10.0. The van der Waals surface area contributed by atoms with Crippen LogP contribution >= 0.6 is 0 Å². The number of sulfonamides is 2. The molecule has 0 atom stereocenters. The van der Waals surface area contributed by atoms with Gasteiger partial charge in [-0.1, -0.05) is 0 Å². The highest BCUT2D eigenvalue weighted by molar-refractivity contribution is 7.91. The van der Waals surface area contributed by atoms with Crippen molar-refractivity contribution in [3.05, 3.63) is 87.2 Å². The number of halogens is 3. The first kappa shape index (κ1) is 55.4. The fourth-order valence-corrected chi connectivity index (χ4v) is 10.2. The Morgan fingerprint density at radius 3 is 1.07 bits per heavy atom. The number of rotatable bonds is 14. The first-order chi connectivity index (χ1) is 32.6. The van der Waals surface area contributed by atoms with Crippen LogP contribution in [0.2, 0.25) is 0 Å². The third-order valence-corrected chi connectivity index (χ3v) is 15.0. The molecule has 3 aromatic carbocycles. The third-order valence-electron chi connectivity index (χ3n) is 11.2. The van der Waals surface area contributed by atoms with Crippen LogP contribution in [-0.2, 0) is 30.3 Å². The standard InChI is InChI=1S/C17H23FN2O4S.C17H22FNO4S.C15H20FNO4S/c1-17(2,3)24-15-10-14(18)13(9-12(15)11-5-6-11)16(21)19-25(22,23)20-7-4-8-20;1-17(2,3)23-15-9-14(18)13(8-12(15)10-4-5-10)16(20)19-24(21,22)11-6-7-11;1-15(2,3)21-13-8-12(16)11(7-10(13)9-5-6-9)14(18)17-22(4,19)20/h9-11H,4-8H2,1-3H3,(H,19,21);8-11H,4-7H2,1-3H3,(H,19,20);7-9H,5-6H2,1-4H3,(H,17,18). The quantitative estimate of drug-likeness (QED) is 0.139. The van der Waals surface area contributed by atoms with Crippen molar-refractivity contribution in [3.8, 4) is 17.2 Å². The monoisotopic (exact) mass is 1050 g/mol. The molecule has 71 heavy (non-hydrogen) atoms. The zero-order chi connectivity index (χ0) is 52.8. The minimum Gasteiger partial charge on any atom is -0.488 e. The average Bonchev–Trinajstić information content (AvgIpc) is 3.97. The molecular weight excluding hydrogens is 990 g/mol. The summed E-state index contributed by atoms with van der Waals surface area (Å²) in [5, 5.41) is -0.532. The Kier molecular flexibility index (Phi) is 16.0. The SMILES string of the molecule is CC(C)(C)Oc1cc(F)c(C(=O)NS(=O)(=O)C2CC2)cc1C1CC1.CC(C)(C)Oc1cc(F)c(C(=O)NS(=O)(=O)N2CCC2)cc1C1CC1.CC(C)(C)Oc1cc(F)c(C(=O)NS(C)(=O)=O)cc1C1CC1. The summed E-state index contributed by atoms with van der Waals surface area (Å²) in [6.07, 6.45) is 8.36. The van der Waals surface area contributed by atoms with Gasteiger partial charge in [-0.15, -0.1) is 0 Å². The van der Waals surface area contributed by atoms with Gasteiger partial charge in [0.2, 0.25) is 20.0 Å². The zero-order valence-corrected chi connectivity index (χ0v) is 44.2. The van der Waals surface area contributed by atoms with E-state index in [9.17, 15) is 52.8 Å². The lowest BCUT2D eigenvalue weighted by molar-refractivity contribution is 0.0964. The van der Waals surface area contributed by atoms with Crippen LogP contribution in [0, 0.1) is 17.5 Å². The predicted octanol–water partition coefficient (Wildman–Crippen LogP) is 8.23. The van der Waals surface area contributed by atoms with Crippen LogP contribution in [0.5, 0.6) is 17.2 Å². The highest BCUT2D eigenvalue weighted by Crippen LogP contribution is 2.48. The molecule has 5 fully saturated rings. The Morgan fingerprint density at radius 2 is 0.817 bits per heavy atom. The number of benzene rings is 3. The smallest absolute Gasteiger partial charge is 0.304 e. The van der Waals surface area contributed by atoms with Crippen molar-refractivity contribution >= 4 is 48.0 Å². The molecule has 5 aliphatic rings. The minimum absolute atomic E-state index is 0.219. The van der Waals surface area contributed by atoms with Crippen LogP contribution in [0.3, 0.4) is 0 Å². The molecule has 0 radical (unpaired) electrons. The van der Waals surface area contributed by atoms with E-state index in [-0.39, 0.29) is 34.4 Å². The van der Waals surface area contributed by atoms with E-state index in [0.717, 1.165) is 78.3 Å². The molecule has 0 spiro atoms.